The van der Waals surface area contributed by atoms with Crippen molar-refractivity contribution in [3.8, 4) is 0 Å². The van der Waals surface area contributed by atoms with E-state index in [1.54, 1.807) is 7.11 Å². The minimum atomic E-state index is -0.500. The van der Waals surface area contributed by atoms with Crippen LogP contribution in [-0.2, 0) is 31.0 Å². The molecule has 1 aromatic rings. The highest BCUT2D eigenvalue weighted by atomic mass is 16.6. The van der Waals surface area contributed by atoms with Crippen LogP contribution < -0.4 is 10.6 Å². The topological polar surface area (TPSA) is 125 Å². The summed E-state index contributed by atoms with van der Waals surface area (Å²) in [6, 6.07) is 0. The second-order valence-electron chi connectivity index (χ2n) is 10.4. The molecule has 2 aliphatic heterocycles. The van der Waals surface area contributed by atoms with E-state index in [1.165, 1.54) is 0 Å². The number of alkyl carbamates (subject to hydrolysis) is 1. The molecular weight excluding hydrogens is 454 g/mol. The molecule has 0 aliphatic carbocycles. The van der Waals surface area contributed by atoms with Crippen LogP contribution in [0.2, 0.25) is 0 Å². The van der Waals surface area contributed by atoms with Crippen LogP contribution in [-0.4, -0.2) is 109 Å². The van der Waals surface area contributed by atoms with Crippen molar-refractivity contribution in [1.82, 2.24) is 35.7 Å². The molecule has 200 valence electrons. The predicted molar refractivity (Wildman–Crippen MR) is 129 cm³/mol. The van der Waals surface area contributed by atoms with Gasteiger partial charge in [0.1, 0.15) is 5.60 Å². The van der Waals surface area contributed by atoms with E-state index in [-0.39, 0.29) is 23.8 Å². The zero-order chi connectivity index (χ0) is 25.3. The monoisotopic (exact) mass is 497 g/mol. The number of piperidine rings is 1. The van der Waals surface area contributed by atoms with Crippen LogP contribution in [0, 0.1) is 0 Å². The molecule has 2 aliphatic rings. The van der Waals surface area contributed by atoms with Gasteiger partial charge in [-0.15, -0.1) is 5.10 Å². The number of amides is 1. The first-order valence-electron chi connectivity index (χ1n) is 12.6. The van der Waals surface area contributed by atoms with Crippen molar-refractivity contribution in [2.45, 2.75) is 76.9 Å². The first-order chi connectivity index (χ1) is 16.7. The van der Waals surface area contributed by atoms with Crippen LogP contribution in [0.15, 0.2) is 0 Å². The standard InChI is InChI=1S/C23H43N7O5/c1-18-16-34-19(17-33-18)6-9-25-23(20-26-27-28-30(20)14-15-32-5)7-11-29(12-8-23)13-10-24-21(31)35-22(2,3)4/h18-19,25H,6-17H2,1-5H3,(H,24,31)/t18-,19+/m0/s1. The number of likely N-dealkylation sites (tertiary alicyclic amines) is 1. The molecule has 0 saturated carbocycles. The summed E-state index contributed by atoms with van der Waals surface area (Å²) in [5.41, 5.74) is -0.838. The fourth-order valence-electron chi connectivity index (χ4n) is 4.42. The van der Waals surface area contributed by atoms with Gasteiger partial charge in [0.25, 0.3) is 0 Å². The third kappa shape index (κ3) is 8.64. The van der Waals surface area contributed by atoms with E-state index in [1.807, 2.05) is 32.4 Å². The fraction of sp³-hybridized carbons (Fsp3) is 0.913. The normalized spacial score (nSPS) is 23.2. The van der Waals surface area contributed by atoms with E-state index < -0.39 is 5.60 Å². The molecule has 2 atom stereocenters. The zero-order valence-electron chi connectivity index (χ0n) is 21.9. The largest absolute Gasteiger partial charge is 0.444 e. The number of rotatable bonds is 11. The van der Waals surface area contributed by atoms with E-state index in [9.17, 15) is 4.79 Å². The van der Waals surface area contributed by atoms with Gasteiger partial charge in [-0.2, -0.15) is 0 Å². The number of carbonyl (C=O) groups is 1. The summed E-state index contributed by atoms with van der Waals surface area (Å²) < 4.78 is 24.1. The van der Waals surface area contributed by atoms with Gasteiger partial charge in [-0.1, -0.05) is 0 Å². The van der Waals surface area contributed by atoms with Gasteiger partial charge in [-0.05, 0) is 63.9 Å². The lowest BCUT2D eigenvalue weighted by molar-refractivity contribution is -0.128. The number of carbonyl (C=O) groups excluding carboxylic acids is 1. The molecule has 12 heteroatoms. The van der Waals surface area contributed by atoms with E-state index in [0.717, 1.165) is 51.3 Å². The molecule has 2 saturated heterocycles. The number of aromatic nitrogens is 4. The number of methoxy groups -OCH3 is 1. The minimum Gasteiger partial charge on any atom is -0.444 e. The fourth-order valence-corrected chi connectivity index (χ4v) is 4.42. The van der Waals surface area contributed by atoms with Gasteiger partial charge < -0.3 is 34.5 Å². The van der Waals surface area contributed by atoms with Crippen molar-refractivity contribution in [2.75, 3.05) is 59.7 Å². The number of nitrogens with one attached hydrogen (secondary N) is 2. The van der Waals surface area contributed by atoms with Crippen molar-refractivity contribution in [2.24, 2.45) is 0 Å². The summed E-state index contributed by atoms with van der Waals surface area (Å²) in [5.74, 6) is 0.843. The summed E-state index contributed by atoms with van der Waals surface area (Å²) in [6.45, 7) is 13.8. The second-order valence-corrected chi connectivity index (χ2v) is 10.4. The Labute approximate surface area is 208 Å². The summed E-state index contributed by atoms with van der Waals surface area (Å²) in [4.78, 5) is 14.3. The Morgan fingerprint density at radius 1 is 1.17 bits per heavy atom. The van der Waals surface area contributed by atoms with Gasteiger partial charge in [-0.25, -0.2) is 9.48 Å². The molecule has 0 spiro atoms. The number of hydrogen-bond donors (Lipinski definition) is 2. The average molecular weight is 498 g/mol. The molecule has 0 radical (unpaired) electrons. The van der Waals surface area contributed by atoms with Gasteiger partial charge in [0, 0.05) is 33.3 Å². The maximum Gasteiger partial charge on any atom is 0.407 e. The van der Waals surface area contributed by atoms with Crippen LogP contribution in [0.3, 0.4) is 0 Å². The highest BCUT2D eigenvalue weighted by molar-refractivity contribution is 5.67. The first-order valence-corrected chi connectivity index (χ1v) is 12.6. The van der Waals surface area contributed by atoms with Crippen LogP contribution in [0.25, 0.3) is 0 Å². The predicted octanol–water partition coefficient (Wildman–Crippen LogP) is 0.919. The Kier molecular flexibility index (Phi) is 10.2. The Hall–Kier alpha value is -1.86. The van der Waals surface area contributed by atoms with Crippen molar-refractivity contribution in [3.05, 3.63) is 5.82 Å². The number of nitrogens with zero attached hydrogens (tertiary/aromatic N) is 5. The van der Waals surface area contributed by atoms with Crippen molar-refractivity contribution >= 4 is 6.09 Å². The van der Waals surface area contributed by atoms with E-state index in [2.05, 4.69) is 31.1 Å². The Morgan fingerprint density at radius 3 is 2.60 bits per heavy atom. The molecule has 0 aromatic carbocycles. The molecule has 3 rings (SSSR count). The molecule has 2 fully saturated rings. The SMILES string of the molecule is COCCn1nnnc1C1(NCC[C@@H]2CO[C@@H](C)CO2)CCN(CCNC(=O)OC(C)(C)C)CC1. The van der Waals surface area contributed by atoms with Crippen LogP contribution in [0.5, 0.6) is 0 Å². The van der Waals surface area contributed by atoms with Crippen LogP contribution in [0.1, 0.15) is 52.8 Å². The molecule has 12 nitrogen and oxygen atoms in total. The summed E-state index contributed by atoms with van der Waals surface area (Å²) in [6.07, 6.45) is 2.44. The maximum absolute atomic E-state index is 11.9. The second kappa shape index (κ2) is 12.9. The van der Waals surface area contributed by atoms with Crippen molar-refractivity contribution in [3.63, 3.8) is 0 Å². The van der Waals surface area contributed by atoms with E-state index in [4.69, 9.17) is 18.9 Å². The first kappa shape index (κ1) is 27.7. The number of hydrogen-bond acceptors (Lipinski definition) is 10. The van der Waals surface area contributed by atoms with Gasteiger partial charge in [0.05, 0.1) is 44.1 Å². The molecular formula is C23H43N7O5. The molecule has 1 aromatic heterocycles. The third-order valence-corrected chi connectivity index (χ3v) is 6.34. The van der Waals surface area contributed by atoms with Crippen molar-refractivity contribution in [1.29, 1.82) is 0 Å². The Balaban J connectivity index is 1.56. The highest BCUT2D eigenvalue weighted by Gasteiger charge is 2.40. The lowest BCUT2D eigenvalue weighted by atomic mass is 9.86. The van der Waals surface area contributed by atoms with Crippen LogP contribution in [0.4, 0.5) is 4.79 Å². The smallest absolute Gasteiger partial charge is 0.407 e. The van der Waals surface area contributed by atoms with Gasteiger partial charge in [0.15, 0.2) is 5.82 Å². The van der Waals surface area contributed by atoms with Gasteiger partial charge >= 0.3 is 6.09 Å². The molecule has 1 amide bonds. The van der Waals surface area contributed by atoms with Crippen LogP contribution >= 0.6 is 0 Å². The molecule has 35 heavy (non-hydrogen) atoms. The Morgan fingerprint density at radius 2 is 1.94 bits per heavy atom. The lowest BCUT2D eigenvalue weighted by Crippen LogP contribution is -2.54. The number of tetrazole rings is 1. The summed E-state index contributed by atoms with van der Waals surface area (Å²) in [7, 11) is 1.68. The summed E-state index contributed by atoms with van der Waals surface area (Å²) in [5, 5.41) is 19.2. The van der Waals surface area contributed by atoms with E-state index >= 15 is 0 Å². The highest BCUT2D eigenvalue weighted by Crippen LogP contribution is 2.31. The number of ether oxygens (including phenoxy) is 4. The Bertz CT molecular complexity index is 769. The molecule has 0 unspecified atom stereocenters. The van der Waals surface area contributed by atoms with Gasteiger partial charge in [-0.3, -0.25) is 0 Å². The lowest BCUT2D eigenvalue weighted by Gasteiger charge is -2.42. The minimum absolute atomic E-state index is 0.0965. The van der Waals surface area contributed by atoms with Crippen molar-refractivity contribution < 1.29 is 23.7 Å². The summed E-state index contributed by atoms with van der Waals surface area (Å²) >= 11 is 0. The third-order valence-electron chi connectivity index (χ3n) is 6.34. The van der Waals surface area contributed by atoms with E-state index in [0.29, 0.717) is 32.9 Å². The molecule has 0 bridgehead atoms. The average Bonchev–Trinajstić information content (AvgIpc) is 3.28. The molecule has 2 N–H and O–H groups in total. The zero-order valence-corrected chi connectivity index (χ0v) is 21.9. The molecule has 3 heterocycles. The quantitative estimate of drug-likeness (QED) is 0.456. The van der Waals surface area contributed by atoms with Gasteiger partial charge in [0.2, 0.25) is 0 Å². The maximum atomic E-state index is 11.9.